The van der Waals surface area contributed by atoms with Gasteiger partial charge in [-0.25, -0.2) is 4.39 Å². The van der Waals surface area contributed by atoms with E-state index in [1.165, 1.54) is 12.1 Å². The molecule has 0 spiro atoms. The summed E-state index contributed by atoms with van der Waals surface area (Å²) in [6.45, 7) is 0. The first-order chi connectivity index (χ1) is 7.08. The van der Waals surface area contributed by atoms with Crippen LogP contribution in [0.1, 0.15) is 0 Å². The van der Waals surface area contributed by atoms with Crippen molar-refractivity contribution in [1.82, 2.24) is 9.78 Å². The lowest BCUT2D eigenvalue weighted by Crippen LogP contribution is -1.91. The highest BCUT2D eigenvalue weighted by Gasteiger charge is 2.09. The second-order valence-electron chi connectivity index (χ2n) is 3.26. The number of nitrogen functional groups attached to an aromatic ring is 1. The minimum atomic E-state index is -0.398. The van der Waals surface area contributed by atoms with Gasteiger partial charge in [-0.15, -0.1) is 0 Å². The quantitative estimate of drug-likeness (QED) is 0.758. The Bertz CT molecular complexity index is 507. The standard InChI is InChI=1S/C10H9ClFN3/c1-15-5-6(4-14-15)7-2-8(11)10(13)3-9(7)12/h2-5H,13H2,1H3. The van der Waals surface area contributed by atoms with Crippen molar-refractivity contribution < 1.29 is 4.39 Å². The van der Waals surface area contributed by atoms with Gasteiger partial charge in [-0.3, -0.25) is 4.68 Å². The van der Waals surface area contributed by atoms with Gasteiger partial charge < -0.3 is 5.73 Å². The van der Waals surface area contributed by atoms with Crippen LogP contribution in [0.2, 0.25) is 5.02 Å². The lowest BCUT2D eigenvalue weighted by atomic mass is 10.1. The summed E-state index contributed by atoms with van der Waals surface area (Å²) in [4.78, 5) is 0. The maximum Gasteiger partial charge on any atom is 0.133 e. The SMILES string of the molecule is Cn1cc(-c2cc(Cl)c(N)cc2F)cn1. The van der Waals surface area contributed by atoms with Gasteiger partial charge in [0.2, 0.25) is 0 Å². The number of halogens is 2. The molecule has 0 saturated carbocycles. The molecule has 78 valence electrons. The zero-order valence-corrected chi connectivity index (χ0v) is 8.79. The molecule has 0 unspecified atom stereocenters. The highest BCUT2D eigenvalue weighted by Crippen LogP contribution is 2.29. The molecule has 0 amide bonds. The van der Waals surface area contributed by atoms with Crippen LogP contribution in [0.3, 0.4) is 0 Å². The second kappa shape index (κ2) is 3.55. The van der Waals surface area contributed by atoms with Crippen LogP contribution in [0.5, 0.6) is 0 Å². The summed E-state index contributed by atoms with van der Waals surface area (Å²) in [5, 5.41) is 4.30. The third-order valence-corrected chi connectivity index (χ3v) is 2.43. The number of nitrogens with zero attached hydrogens (tertiary/aromatic N) is 2. The fourth-order valence-electron chi connectivity index (χ4n) is 1.34. The van der Waals surface area contributed by atoms with E-state index in [2.05, 4.69) is 5.10 Å². The van der Waals surface area contributed by atoms with Gasteiger partial charge in [0.25, 0.3) is 0 Å². The second-order valence-corrected chi connectivity index (χ2v) is 3.66. The molecule has 1 aromatic heterocycles. The van der Waals surface area contributed by atoms with Gasteiger partial charge in [0, 0.05) is 24.4 Å². The summed E-state index contributed by atoms with van der Waals surface area (Å²) in [6.07, 6.45) is 3.29. The van der Waals surface area contributed by atoms with Crippen LogP contribution < -0.4 is 5.73 Å². The highest BCUT2D eigenvalue weighted by molar-refractivity contribution is 6.33. The van der Waals surface area contributed by atoms with Crippen molar-refractivity contribution in [2.45, 2.75) is 0 Å². The number of anilines is 1. The monoisotopic (exact) mass is 225 g/mol. The molecule has 0 atom stereocenters. The molecule has 0 aliphatic rings. The van der Waals surface area contributed by atoms with Gasteiger partial charge in [-0.1, -0.05) is 11.6 Å². The molecule has 2 N–H and O–H groups in total. The summed E-state index contributed by atoms with van der Waals surface area (Å²) in [5.41, 5.74) is 6.80. The van der Waals surface area contributed by atoms with Crippen molar-refractivity contribution in [1.29, 1.82) is 0 Å². The number of benzene rings is 1. The Hall–Kier alpha value is -1.55. The topological polar surface area (TPSA) is 43.8 Å². The van der Waals surface area contributed by atoms with Crippen LogP contribution in [0.25, 0.3) is 11.1 Å². The Morgan fingerprint density at radius 2 is 2.20 bits per heavy atom. The molecule has 0 radical (unpaired) electrons. The molecule has 0 aliphatic heterocycles. The smallest absolute Gasteiger partial charge is 0.133 e. The fraction of sp³-hybridized carbons (Fsp3) is 0.100. The molecule has 2 aromatic rings. The third-order valence-electron chi connectivity index (χ3n) is 2.10. The van der Waals surface area contributed by atoms with Gasteiger partial charge in [-0.2, -0.15) is 5.10 Å². The van der Waals surface area contributed by atoms with Crippen LogP contribution in [0, 0.1) is 5.82 Å². The van der Waals surface area contributed by atoms with E-state index in [1.807, 2.05) is 0 Å². The lowest BCUT2D eigenvalue weighted by Gasteiger charge is -2.03. The van der Waals surface area contributed by atoms with Crippen LogP contribution >= 0.6 is 11.6 Å². The molecule has 0 bridgehead atoms. The van der Waals surface area contributed by atoms with Gasteiger partial charge in [0.05, 0.1) is 16.9 Å². The highest BCUT2D eigenvalue weighted by atomic mass is 35.5. The molecule has 5 heteroatoms. The number of aromatic nitrogens is 2. The van der Waals surface area contributed by atoms with E-state index in [4.69, 9.17) is 17.3 Å². The van der Waals surface area contributed by atoms with Crippen LogP contribution in [0.15, 0.2) is 24.5 Å². The molecule has 0 aliphatic carbocycles. The van der Waals surface area contributed by atoms with E-state index in [0.29, 0.717) is 16.1 Å². The van der Waals surface area contributed by atoms with Crippen molar-refractivity contribution in [3.63, 3.8) is 0 Å². The van der Waals surface area contributed by atoms with Gasteiger partial charge in [0.1, 0.15) is 5.82 Å². The summed E-state index contributed by atoms with van der Waals surface area (Å²) in [5.74, 6) is -0.398. The van der Waals surface area contributed by atoms with Crippen molar-refractivity contribution in [2.24, 2.45) is 7.05 Å². The lowest BCUT2D eigenvalue weighted by molar-refractivity contribution is 0.632. The van der Waals surface area contributed by atoms with Crippen molar-refractivity contribution >= 4 is 17.3 Å². The Balaban J connectivity index is 2.58. The maximum atomic E-state index is 13.5. The number of hydrogen-bond donors (Lipinski definition) is 1. The first-order valence-corrected chi connectivity index (χ1v) is 4.69. The molecular weight excluding hydrogens is 217 g/mol. The van der Waals surface area contributed by atoms with E-state index in [9.17, 15) is 4.39 Å². The van der Waals surface area contributed by atoms with Crippen molar-refractivity contribution in [3.05, 3.63) is 35.4 Å². The molecular formula is C10H9ClFN3. The Kier molecular flexibility index (Phi) is 2.36. The van der Waals surface area contributed by atoms with Gasteiger partial charge >= 0.3 is 0 Å². The Morgan fingerprint density at radius 1 is 1.47 bits per heavy atom. The molecule has 1 heterocycles. The average molecular weight is 226 g/mol. The summed E-state index contributed by atoms with van der Waals surface area (Å²) in [6, 6.07) is 2.72. The first kappa shape index (κ1) is 9.98. The van der Waals surface area contributed by atoms with Crippen molar-refractivity contribution in [3.8, 4) is 11.1 Å². The predicted molar refractivity (Wildman–Crippen MR) is 58.0 cm³/mol. The molecule has 15 heavy (non-hydrogen) atoms. The van der Waals surface area contributed by atoms with Crippen LogP contribution in [0.4, 0.5) is 10.1 Å². The van der Waals surface area contributed by atoms with Crippen LogP contribution in [-0.2, 0) is 7.05 Å². The van der Waals surface area contributed by atoms with E-state index in [1.54, 1.807) is 24.1 Å². The number of rotatable bonds is 1. The van der Waals surface area contributed by atoms with Crippen molar-refractivity contribution in [2.75, 3.05) is 5.73 Å². The normalized spacial score (nSPS) is 10.6. The maximum absolute atomic E-state index is 13.5. The largest absolute Gasteiger partial charge is 0.397 e. The van der Waals surface area contributed by atoms with E-state index >= 15 is 0 Å². The number of hydrogen-bond acceptors (Lipinski definition) is 2. The first-order valence-electron chi connectivity index (χ1n) is 4.31. The average Bonchev–Trinajstić information content (AvgIpc) is 2.58. The van der Waals surface area contributed by atoms with Gasteiger partial charge in [0.15, 0.2) is 0 Å². The molecule has 0 fully saturated rings. The minimum Gasteiger partial charge on any atom is -0.397 e. The zero-order chi connectivity index (χ0) is 11.0. The van der Waals surface area contributed by atoms with E-state index in [-0.39, 0.29) is 5.69 Å². The summed E-state index contributed by atoms with van der Waals surface area (Å²) < 4.78 is 15.1. The Labute approximate surface area is 91.3 Å². The predicted octanol–water partition coefficient (Wildman–Crippen LogP) is 2.46. The number of aryl methyl sites for hydroxylation is 1. The third kappa shape index (κ3) is 1.80. The minimum absolute atomic E-state index is 0.238. The molecule has 1 aromatic carbocycles. The molecule has 3 nitrogen and oxygen atoms in total. The summed E-state index contributed by atoms with van der Waals surface area (Å²) in [7, 11) is 1.76. The number of nitrogens with two attached hydrogens (primary N) is 1. The summed E-state index contributed by atoms with van der Waals surface area (Å²) >= 11 is 5.82. The fourth-order valence-corrected chi connectivity index (χ4v) is 1.51. The van der Waals surface area contributed by atoms with E-state index < -0.39 is 5.82 Å². The molecule has 2 rings (SSSR count). The molecule has 0 saturated heterocycles. The van der Waals surface area contributed by atoms with E-state index in [0.717, 1.165) is 0 Å². The Morgan fingerprint density at radius 3 is 2.80 bits per heavy atom. The van der Waals surface area contributed by atoms with Crippen LogP contribution in [-0.4, -0.2) is 9.78 Å². The zero-order valence-electron chi connectivity index (χ0n) is 8.04. The van der Waals surface area contributed by atoms with Gasteiger partial charge in [-0.05, 0) is 12.1 Å².